The molecule has 3 heterocycles. The van der Waals surface area contributed by atoms with Gasteiger partial charge in [0.05, 0.1) is 6.04 Å². The summed E-state index contributed by atoms with van der Waals surface area (Å²) >= 11 is 1.76. The molecule has 0 bridgehead atoms. The summed E-state index contributed by atoms with van der Waals surface area (Å²) in [5.41, 5.74) is 0.637. The van der Waals surface area contributed by atoms with Crippen LogP contribution in [0.2, 0.25) is 0 Å². The second kappa shape index (κ2) is 5.51. The summed E-state index contributed by atoms with van der Waals surface area (Å²) < 4.78 is 1.41. The van der Waals surface area contributed by atoms with Crippen LogP contribution in [-0.2, 0) is 0 Å². The highest BCUT2D eigenvalue weighted by Crippen LogP contribution is 2.23. The molecule has 1 N–H and O–H groups in total. The Bertz CT molecular complexity index is 676. The summed E-state index contributed by atoms with van der Waals surface area (Å²) in [5.74, 6) is 0.758. The molecule has 0 aliphatic rings. The maximum absolute atomic E-state index is 4.30. The molecular weight excluding hydrogens is 274 g/mol. The van der Waals surface area contributed by atoms with E-state index in [-0.39, 0.29) is 0 Å². The first-order chi connectivity index (χ1) is 9.74. The molecular formula is C12H15N7S. The van der Waals surface area contributed by atoms with E-state index in [2.05, 4.69) is 62.4 Å². The topological polar surface area (TPSA) is 71.2 Å². The monoisotopic (exact) mass is 289 g/mol. The molecule has 0 spiro atoms. The van der Waals surface area contributed by atoms with Crippen molar-refractivity contribution in [1.82, 2.24) is 30.2 Å². The summed E-state index contributed by atoms with van der Waals surface area (Å²) in [6.07, 6.45) is 0. The Hall–Kier alpha value is -2.06. The van der Waals surface area contributed by atoms with Crippen LogP contribution in [0.3, 0.4) is 0 Å². The fourth-order valence-electron chi connectivity index (χ4n) is 1.96. The average molecular weight is 289 g/mol. The van der Waals surface area contributed by atoms with Gasteiger partial charge in [0, 0.05) is 11.4 Å². The standard InChI is InChI=1S/C12H15N7S/c1-18(2)9(10-4-3-7-20-10)8-13-11-5-6-12-14-16-17-19(12)15-11/h3-7,9H,8H2,1-2H3,(H,13,15)/t9-/m1/s1. The highest BCUT2D eigenvalue weighted by molar-refractivity contribution is 7.10. The Morgan fingerprint density at radius 1 is 1.35 bits per heavy atom. The molecule has 0 aliphatic carbocycles. The maximum Gasteiger partial charge on any atom is 0.200 e. The molecule has 3 rings (SSSR count). The molecule has 104 valence electrons. The number of likely N-dealkylation sites (N-methyl/N-ethyl adjacent to an activating group) is 1. The van der Waals surface area contributed by atoms with Crippen LogP contribution in [0.1, 0.15) is 10.9 Å². The van der Waals surface area contributed by atoms with Crippen LogP contribution in [0.15, 0.2) is 29.6 Å². The zero-order valence-electron chi connectivity index (χ0n) is 11.3. The van der Waals surface area contributed by atoms with Crippen molar-refractivity contribution in [2.75, 3.05) is 26.0 Å². The predicted octanol–water partition coefficient (Wildman–Crippen LogP) is 1.30. The number of hydrogen-bond acceptors (Lipinski definition) is 7. The summed E-state index contributed by atoms with van der Waals surface area (Å²) in [6, 6.07) is 8.25. The van der Waals surface area contributed by atoms with Crippen molar-refractivity contribution >= 4 is 22.8 Å². The molecule has 0 fully saturated rings. The molecule has 0 unspecified atom stereocenters. The molecule has 0 amide bonds. The van der Waals surface area contributed by atoms with Gasteiger partial charge in [0.15, 0.2) is 5.65 Å². The zero-order chi connectivity index (χ0) is 13.9. The van der Waals surface area contributed by atoms with Crippen molar-refractivity contribution < 1.29 is 0 Å². The first kappa shape index (κ1) is 12.9. The van der Waals surface area contributed by atoms with Crippen LogP contribution in [0, 0.1) is 0 Å². The number of fused-ring (bicyclic) bond motifs is 1. The fourth-order valence-corrected chi connectivity index (χ4v) is 2.89. The minimum Gasteiger partial charge on any atom is -0.367 e. The van der Waals surface area contributed by atoms with Gasteiger partial charge in [-0.2, -0.15) is 0 Å². The SMILES string of the molecule is CN(C)[C@H](CNc1ccc2nnnn2n1)c1cccs1. The molecule has 1 atom stereocenters. The van der Waals surface area contributed by atoms with Gasteiger partial charge in [-0.1, -0.05) is 6.07 Å². The fraction of sp³-hybridized carbons (Fsp3) is 0.333. The first-order valence-electron chi connectivity index (χ1n) is 6.23. The molecule has 7 nitrogen and oxygen atoms in total. The van der Waals surface area contributed by atoms with E-state index in [0.29, 0.717) is 11.7 Å². The first-order valence-corrected chi connectivity index (χ1v) is 7.11. The van der Waals surface area contributed by atoms with Gasteiger partial charge in [0.25, 0.3) is 0 Å². The van der Waals surface area contributed by atoms with E-state index >= 15 is 0 Å². The Balaban J connectivity index is 1.73. The zero-order valence-corrected chi connectivity index (χ0v) is 12.1. The lowest BCUT2D eigenvalue weighted by molar-refractivity contribution is 0.316. The Morgan fingerprint density at radius 3 is 3.00 bits per heavy atom. The van der Waals surface area contributed by atoms with E-state index < -0.39 is 0 Å². The number of hydrogen-bond donors (Lipinski definition) is 1. The van der Waals surface area contributed by atoms with Crippen molar-refractivity contribution in [3.8, 4) is 0 Å². The lowest BCUT2D eigenvalue weighted by atomic mass is 10.2. The minimum atomic E-state index is 0.307. The average Bonchev–Trinajstić information content (AvgIpc) is 3.08. The van der Waals surface area contributed by atoms with Gasteiger partial charge < -0.3 is 10.2 Å². The van der Waals surface area contributed by atoms with Crippen molar-refractivity contribution in [2.45, 2.75) is 6.04 Å². The molecule has 0 aromatic carbocycles. The summed E-state index contributed by atoms with van der Waals surface area (Å²) in [4.78, 5) is 3.51. The van der Waals surface area contributed by atoms with Gasteiger partial charge in [-0.25, -0.2) is 0 Å². The third-order valence-electron chi connectivity index (χ3n) is 3.04. The van der Waals surface area contributed by atoms with Crippen molar-refractivity contribution in [3.63, 3.8) is 0 Å². The minimum absolute atomic E-state index is 0.307. The van der Waals surface area contributed by atoms with Crippen LogP contribution in [0.5, 0.6) is 0 Å². The predicted molar refractivity (Wildman–Crippen MR) is 77.8 cm³/mol. The Kier molecular flexibility index (Phi) is 3.57. The van der Waals surface area contributed by atoms with Gasteiger partial charge in [-0.15, -0.1) is 26.2 Å². The van der Waals surface area contributed by atoms with E-state index in [0.717, 1.165) is 12.4 Å². The second-order valence-corrected chi connectivity index (χ2v) is 5.60. The molecule has 3 aromatic rings. The highest BCUT2D eigenvalue weighted by Gasteiger charge is 2.15. The lowest BCUT2D eigenvalue weighted by Gasteiger charge is -2.23. The van der Waals surface area contributed by atoms with Crippen LogP contribution >= 0.6 is 11.3 Å². The summed E-state index contributed by atoms with van der Waals surface area (Å²) in [6.45, 7) is 0.772. The van der Waals surface area contributed by atoms with E-state index in [1.165, 1.54) is 9.51 Å². The normalized spacial score (nSPS) is 12.9. The number of thiophene rings is 1. The number of tetrazole rings is 1. The number of rotatable bonds is 5. The van der Waals surface area contributed by atoms with Gasteiger partial charge in [0.2, 0.25) is 0 Å². The van der Waals surface area contributed by atoms with E-state index in [4.69, 9.17) is 0 Å². The van der Waals surface area contributed by atoms with Crippen LogP contribution < -0.4 is 5.32 Å². The number of nitrogens with zero attached hydrogens (tertiary/aromatic N) is 6. The third-order valence-corrected chi connectivity index (χ3v) is 4.01. The number of aromatic nitrogens is 5. The quantitative estimate of drug-likeness (QED) is 0.763. The largest absolute Gasteiger partial charge is 0.367 e. The van der Waals surface area contributed by atoms with Gasteiger partial charge in [-0.3, -0.25) is 0 Å². The third kappa shape index (κ3) is 2.61. The lowest BCUT2D eigenvalue weighted by Crippen LogP contribution is -2.26. The van der Waals surface area contributed by atoms with Crippen molar-refractivity contribution in [3.05, 3.63) is 34.5 Å². The van der Waals surface area contributed by atoms with E-state index in [1.54, 1.807) is 11.3 Å². The maximum atomic E-state index is 4.30. The molecule has 0 radical (unpaired) electrons. The van der Waals surface area contributed by atoms with Gasteiger partial charge in [0.1, 0.15) is 5.82 Å². The van der Waals surface area contributed by atoms with Gasteiger partial charge in [-0.05, 0) is 48.1 Å². The van der Waals surface area contributed by atoms with Crippen LogP contribution in [-0.4, -0.2) is 50.8 Å². The van der Waals surface area contributed by atoms with E-state index in [1.807, 2.05) is 12.1 Å². The van der Waals surface area contributed by atoms with Crippen LogP contribution in [0.25, 0.3) is 5.65 Å². The molecule has 0 saturated carbocycles. The molecule has 20 heavy (non-hydrogen) atoms. The summed E-state index contributed by atoms with van der Waals surface area (Å²) in [7, 11) is 4.15. The van der Waals surface area contributed by atoms with Gasteiger partial charge >= 0.3 is 0 Å². The summed E-state index contributed by atoms with van der Waals surface area (Å²) in [5, 5.41) is 20.9. The van der Waals surface area contributed by atoms with Crippen molar-refractivity contribution in [2.24, 2.45) is 0 Å². The smallest absolute Gasteiger partial charge is 0.200 e. The number of anilines is 1. The Labute approximate surface area is 120 Å². The van der Waals surface area contributed by atoms with Crippen LogP contribution in [0.4, 0.5) is 5.82 Å². The molecule has 3 aromatic heterocycles. The van der Waals surface area contributed by atoms with Crippen molar-refractivity contribution in [1.29, 1.82) is 0 Å². The second-order valence-electron chi connectivity index (χ2n) is 4.62. The molecule has 0 saturated heterocycles. The van der Waals surface area contributed by atoms with E-state index in [9.17, 15) is 0 Å². The molecule has 0 aliphatic heterocycles. The number of nitrogens with one attached hydrogen (secondary N) is 1. The Morgan fingerprint density at radius 2 is 2.25 bits per heavy atom. The highest BCUT2D eigenvalue weighted by atomic mass is 32.1. The molecule has 8 heteroatoms.